The number of rotatable bonds is 8. The molecule has 28 heavy (non-hydrogen) atoms. The van der Waals surface area contributed by atoms with Gasteiger partial charge in [0.05, 0.1) is 0 Å². The Labute approximate surface area is 172 Å². The van der Waals surface area contributed by atoms with Crippen LogP contribution < -0.4 is 15.4 Å². The Morgan fingerprint density at radius 2 is 2.04 bits per heavy atom. The Hall–Kier alpha value is -1.80. The van der Waals surface area contributed by atoms with E-state index in [4.69, 9.17) is 0 Å². The Morgan fingerprint density at radius 3 is 2.68 bits per heavy atom. The summed E-state index contributed by atoms with van der Waals surface area (Å²) in [5.41, 5.74) is 0.464. The number of alkyl halides is 3. The molecular weight excluding hydrogens is 458 g/mol. The van der Waals surface area contributed by atoms with Gasteiger partial charge in [-0.05, 0) is 6.07 Å². The molecule has 0 radical (unpaired) electrons. The maximum absolute atomic E-state index is 12.3. The number of nitrogens with one attached hydrogen (secondary N) is 2. The molecule has 0 aliphatic heterocycles. The van der Waals surface area contributed by atoms with Crippen LogP contribution in [0.2, 0.25) is 4.71 Å². The molecule has 11 heteroatoms. The van der Waals surface area contributed by atoms with Gasteiger partial charge in [-0.1, -0.05) is 0 Å². The number of nitrogens with zero attached hydrogens (tertiary/aromatic N) is 1. The molecule has 154 valence electrons. The first-order chi connectivity index (χ1) is 13.0. The zero-order valence-corrected chi connectivity index (χ0v) is 18.5. The number of hydrogen-bond acceptors (Lipinski definition) is 5. The van der Waals surface area contributed by atoms with E-state index >= 15 is 0 Å². The molecule has 1 aromatic heterocycles. The molecule has 0 saturated carbocycles. The van der Waals surface area contributed by atoms with Gasteiger partial charge in [-0.15, -0.1) is 13.2 Å². The van der Waals surface area contributed by atoms with Crippen molar-refractivity contribution in [2.45, 2.75) is 37.8 Å². The molecule has 2 N–H and O–H groups in total. The number of aromatic nitrogens is 1. The monoisotopic (exact) mass is 479 g/mol. The van der Waals surface area contributed by atoms with Crippen LogP contribution in [-0.4, -0.2) is 46.6 Å². The molecule has 1 aromatic carbocycles. The Kier molecular flexibility index (Phi) is 7.71. The van der Waals surface area contributed by atoms with Crippen molar-refractivity contribution in [3.05, 3.63) is 18.2 Å². The van der Waals surface area contributed by atoms with Gasteiger partial charge in [0, 0.05) is 0 Å². The van der Waals surface area contributed by atoms with E-state index in [0.29, 0.717) is 28.3 Å². The molecule has 0 spiro atoms. The predicted octanol–water partition coefficient (Wildman–Crippen LogP) is 3.11. The van der Waals surface area contributed by atoms with Crippen LogP contribution in [-0.2, 0) is 9.59 Å². The first-order valence-electron chi connectivity index (χ1n) is 8.54. The van der Waals surface area contributed by atoms with Crippen molar-refractivity contribution in [1.29, 1.82) is 0 Å². The van der Waals surface area contributed by atoms with Crippen molar-refractivity contribution < 1.29 is 27.5 Å². The van der Waals surface area contributed by atoms with E-state index in [9.17, 15) is 22.8 Å². The van der Waals surface area contributed by atoms with E-state index in [1.807, 2.05) is 13.8 Å². The Balaban J connectivity index is 1.83. The van der Waals surface area contributed by atoms with Gasteiger partial charge in [0.1, 0.15) is 5.75 Å². The number of halogens is 3. The molecule has 2 amide bonds. The van der Waals surface area contributed by atoms with E-state index in [1.54, 1.807) is 0 Å². The van der Waals surface area contributed by atoms with Gasteiger partial charge in [-0.25, -0.2) is 0 Å². The summed E-state index contributed by atoms with van der Waals surface area (Å²) in [6.07, 6.45) is -4.09. The van der Waals surface area contributed by atoms with Crippen LogP contribution in [0.4, 0.5) is 18.3 Å². The third-order valence-electron chi connectivity index (χ3n) is 3.74. The number of amides is 2. The summed E-state index contributed by atoms with van der Waals surface area (Å²) in [5, 5.41) is 5.73. The quantitative estimate of drug-likeness (QED) is 0.451. The fourth-order valence-electron chi connectivity index (χ4n) is 2.22. The molecular formula is C17H21AsF3N3O3S. The van der Waals surface area contributed by atoms with Crippen molar-refractivity contribution in [2.24, 2.45) is 5.92 Å². The van der Waals surface area contributed by atoms with Gasteiger partial charge in [-0.3, -0.25) is 0 Å². The van der Waals surface area contributed by atoms with E-state index in [0.717, 1.165) is 11.3 Å². The summed E-state index contributed by atoms with van der Waals surface area (Å²) in [6, 6.07) is 3.79. The molecule has 0 aliphatic rings. The standard InChI is InChI=1S/C17H21AsF3N3O3S/c1-9(2)14(18)15(26)22-7-3-4-13(25)24-16-23-11-6-5-10(8-12(11)28-16)27-17(19,20)21/h5-6,8-9,14H,3-4,7,18H2,1-2H3,(H,22,26)(H,23,24,25). The summed E-state index contributed by atoms with van der Waals surface area (Å²) >= 11 is 2.43. The molecule has 2 atom stereocenters. The van der Waals surface area contributed by atoms with E-state index in [1.165, 1.54) is 35.1 Å². The molecule has 2 unspecified atom stereocenters. The van der Waals surface area contributed by atoms with Crippen LogP contribution in [0.3, 0.4) is 0 Å². The van der Waals surface area contributed by atoms with E-state index in [2.05, 4.69) is 20.4 Å². The third kappa shape index (κ3) is 6.98. The van der Waals surface area contributed by atoms with Gasteiger partial charge in [-0.2, -0.15) is 0 Å². The molecule has 1 heterocycles. The molecule has 2 rings (SSSR count). The summed E-state index contributed by atoms with van der Waals surface area (Å²) in [7, 11) is 0. The molecule has 0 saturated heterocycles. The fraction of sp³-hybridized carbons (Fsp3) is 0.471. The second-order valence-electron chi connectivity index (χ2n) is 6.41. The van der Waals surface area contributed by atoms with Gasteiger partial charge in [0.2, 0.25) is 0 Å². The first kappa shape index (κ1) is 22.5. The van der Waals surface area contributed by atoms with Crippen molar-refractivity contribution in [2.75, 3.05) is 11.9 Å². The number of carbonyl (C=O) groups is 2. The van der Waals surface area contributed by atoms with Crippen LogP contribution in [0.1, 0.15) is 26.7 Å². The molecule has 0 fully saturated rings. The second-order valence-corrected chi connectivity index (χ2v) is 8.95. The second kappa shape index (κ2) is 9.60. The maximum atomic E-state index is 12.3. The summed E-state index contributed by atoms with van der Waals surface area (Å²) in [6.45, 7) is 4.36. The summed E-state index contributed by atoms with van der Waals surface area (Å²) < 4.78 is 41.2. The molecule has 2 aromatic rings. The number of anilines is 1. The summed E-state index contributed by atoms with van der Waals surface area (Å²) in [4.78, 5) is 28.0. The SMILES string of the molecule is CC(C)C([AsH2])C(=O)NCCCC(=O)Nc1nc2ccc(OC(F)(F)F)cc2s1. The zero-order valence-electron chi connectivity index (χ0n) is 15.3. The average Bonchev–Trinajstić information content (AvgIpc) is 2.97. The number of benzene rings is 1. The third-order valence-corrected chi connectivity index (χ3v) is 6.92. The van der Waals surface area contributed by atoms with Crippen LogP contribution in [0, 0.1) is 5.92 Å². The molecule has 6 nitrogen and oxygen atoms in total. The van der Waals surface area contributed by atoms with Crippen molar-refractivity contribution in [3.8, 4) is 5.75 Å². The van der Waals surface area contributed by atoms with Gasteiger partial charge in [0.25, 0.3) is 0 Å². The van der Waals surface area contributed by atoms with Crippen molar-refractivity contribution in [3.63, 3.8) is 0 Å². The number of fused-ring (bicyclic) bond motifs is 1. The van der Waals surface area contributed by atoms with Crippen molar-refractivity contribution >= 4 is 55.4 Å². The fourth-order valence-corrected chi connectivity index (χ4v) is 3.38. The van der Waals surface area contributed by atoms with Crippen LogP contribution in [0.25, 0.3) is 10.2 Å². The topological polar surface area (TPSA) is 80.3 Å². The Morgan fingerprint density at radius 1 is 1.32 bits per heavy atom. The van der Waals surface area contributed by atoms with Gasteiger partial charge < -0.3 is 4.74 Å². The predicted molar refractivity (Wildman–Crippen MR) is 104 cm³/mol. The molecule has 0 aliphatic carbocycles. The molecule has 0 bridgehead atoms. The van der Waals surface area contributed by atoms with Crippen LogP contribution in [0.15, 0.2) is 18.2 Å². The first-order valence-corrected chi connectivity index (χ1v) is 10.8. The number of ether oxygens (including phenoxy) is 1. The summed E-state index contributed by atoms with van der Waals surface area (Å²) in [5.74, 6) is -0.363. The number of hydrogen-bond donors (Lipinski definition) is 2. The Bertz CT molecular complexity index is 842. The van der Waals surface area contributed by atoms with Crippen LogP contribution >= 0.6 is 11.3 Å². The van der Waals surface area contributed by atoms with Gasteiger partial charge in [0.15, 0.2) is 0 Å². The zero-order chi connectivity index (χ0) is 20.9. The van der Waals surface area contributed by atoms with E-state index < -0.39 is 6.36 Å². The van der Waals surface area contributed by atoms with Crippen LogP contribution in [0.5, 0.6) is 5.75 Å². The van der Waals surface area contributed by atoms with Crippen molar-refractivity contribution in [1.82, 2.24) is 10.3 Å². The average molecular weight is 479 g/mol. The number of thiazole rings is 1. The number of carbonyl (C=O) groups excluding carboxylic acids is 2. The minimum absolute atomic E-state index is 0.0153. The normalized spacial score (nSPS) is 12.8. The van der Waals surface area contributed by atoms with Gasteiger partial charge >= 0.3 is 143 Å². The van der Waals surface area contributed by atoms with E-state index in [-0.39, 0.29) is 34.6 Å². The minimum atomic E-state index is -4.77.